The minimum absolute atomic E-state index is 0.0255. The summed E-state index contributed by atoms with van der Waals surface area (Å²) in [5.74, 6) is -1.44. The molecule has 2 aliphatic rings. The molecule has 0 fully saturated rings. The Balaban J connectivity index is 2.28. The molecule has 0 bridgehead atoms. The van der Waals surface area contributed by atoms with Gasteiger partial charge in [0.05, 0.1) is 5.92 Å². The Morgan fingerprint density at radius 1 is 1.39 bits per heavy atom. The molecule has 0 amide bonds. The molecule has 0 saturated carbocycles. The second-order valence-corrected chi connectivity index (χ2v) is 5.03. The lowest BCUT2D eigenvalue weighted by atomic mass is 9.73. The number of Topliss-reactive ketones (excluding diaryl/α,β-unsaturated/α-hetero) is 1. The van der Waals surface area contributed by atoms with E-state index in [1.54, 1.807) is 6.08 Å². The smallest absolute Gasteiger partial charge is 0.310 e. The van der Waals surface area contributed by atoms with Crippen LogP contribution in [0.3, 0.4) is 0 Å². The highest BCUT2D eigenvalue weighted by Crippen LogP contribution is 2.35. The molecule has 3 atom stereocenters. The van der Waals surface area contributed by atoms with Gasteiger partial charge in [0, 0.05) is 18.3 Å². The normalized spacial score (nSPS) is 34.1. The van der Waals surface area contributed by atoms with Gasteiger partial charge in [-0.25, -0.2) is 0 Å². The van der Waals surface area contributed by atoms with Crippen LogP contribution in [-0.4, -0.2) is 16.9 Å². The summed E-state index contributed by atoms with van der Waals surface area (Å²) >= 11 is 0. The second-order valence-electron chi connectivity index (χ2n) is 5.03. The summed E-state index contributed by atoms with van der Waals surface area (Å²) in [7, 11) is 0. The lowest BCUT2D eigenvalue weighted by molar-refractivity contribution is -0.141. The van der Waals surface area contributed by atoms with Gasteiger partial charge in [-0.15, -0.1) is 0 Å². The van der Waals surface area contributed by atoms with Gasteiger partial charge in [0.25, 0.3) is 0 Å². The maximum atomic E-state index is 12.2. The first-order valence-electron chi connectivity index (χ1n) is 6.39. The molecule has 0 saturated heterocycles. The summed E-state index contributed by atoms with van der Waals surface area (Å²) < 4.78 is 0. The highest BCUT2D eigenvalue weighted by molar-refractivity contribution is 5.84. The first-order valence-corrected chi connectivity index (χ1v) is 6.39. The molecule has 0 unspecified atom stereocenters. The number of rotatable bonds is 1. The molecule has 18 heavy (non-hydrogen) atoms. The largest absolute Gasteiger partial charge is 0.481 e. The number of allylic oxidation sites excluding steroid dienone is 4. The van der Waals surface area contributed by atoms with Crippen molar-refractivity contribution in [2.45, 2.75) is 25.7 Å². The maximum absolute atomic E-state index is 12.2. The summed E-state index contributed by atoms with van der Waals surface area (Å²) in [6.45, 7) is 4.01. The molecule has 0 aromatic heterocycles. The summed E-state index contributed by atoms with van der Waals surface area (Å²) in [5.41, 5.74) is 0.912. The summed E-state index contributed by atoms with van der Waals surface area (Å²) in [6, 6.07) is 0. The molecule has 0 aromatic rings. The van der Waals surface area contributed by atoms with E-state index in [1.165, 1.54) is 0 Å². The van der Waals surface area contributed by atoms with Crippen LogP contribution in [0.15, 0.2) is 36.5 Å². The van der Waals surface area contributed by atoms with E-state index in [-0.39, 0.29) is 17.6 Å². The van der Waals surface area contributed by atoms with Crippen molar-refractivity contribution < 1.29 is 14.7 Å². The Kier molecular flexibility index (Phi) is 3.80. The average molecular weight is 246 g/mol. The Morgan fingerprint density at radius 3 is 2.89 bits per heavy atom. The van der Waals surface area contributed by atoms with Crippen molar-refractivity contribution in [3.05, 3.63) is 36.5 Å². The SMILES string of the molecule is C=C1/C=C\CCCC(=O)[C@H]2C[C@@H](C(=O)O)C=C[C@@H]12. The molecule has 1 N–H and O–H groups in total. The molecule has 3 nitrogen and oxygen atoms in total. The number of carbonyl (C=O) groups excluding carboxylic acids is 1. The monoisotopic (exact) mass is 246 g/mol. The minimum Gasteiger partial charge on any atom is -0.481 e. The quantitative estimate of drug-likeness (QED) is 0.724. The highest BCUT2D eigenvalue weighted by atomic mass is 16.4. The van der Waals surface area contributed by atoms with Crippen molar-refractivity contribution in [3.63, 3.8) is 0 Å². The third-order valence-electron chi connectivity index (χ3n) is 3.78. The van der Waals surface area contributed by atoms with Crippen LogP contribution in [0.1, 0.15) is 25.7 Å². The van der Waals surface area contributed by atoms with Crippen LogP contribution in [0.4, 0.5) is 0 Å². The standard InChI is InChI=1S/C15H18O3/c1-10-5-3-2-4-6-14(16)13-9-11(15(17)18)7-8-12(10)13/h3,5,7-8,11-13H,1-2,4,6,9H2,(H,17,18)/b5-3-/t11-,12-,13-/m0/s1. The van der Waals surface area contributed by atoms with Gasteiger partial charge < -0.3 is 5.11 Å². The van der Waals surface area contributed by atoms with Crippen molar-refractivity contribution in [3.8, 4) is 0 Å². The number of ketones is 1. The van der Waals surface area contributed by atoms with E-state index in [2.05, 4.69) is 12.7 Å². The molecule has 96 valence electrons. The predicted octanol–water partition coefficient (Wildman–Crippen LogP) is 2.74. The molecular weight excluding hydrogens is 228 g/mol. The molecule has 0 spiro atoms. The van der Waals surface area contributed by atoms with Crippen LogP contribution in [0.25, 0.3) is 0 Å². The van der Waals surface area contributed by atoms with Crippen molar-refractivity contribution in [2.75, 3.05) is 0 Å². The van der Waals surface area contributed by atoms with Crippen LogP contribution in [0, 0.1) is 17.8 Å². The van der Waals surface area contributed by atoms with Crippen LogP contribution in [-0.2, 0) is 9.59 Å². The number of aliphatic carboxylic acids is 1. The van der Waals surface area contributed by atoms with E-state index in [0.29, 0.717) is 12.8 Å². The predicted molar refractivity (Wildman–Crippen MR) is 69.0 cm³/mol. The fourth-order valence-corrected chi connectivity index (χ4v) is 2.71. The first kappa shape index (κ1) is 12.8. The first-order chi connectivity index (χ1) is 8.59. The van der Waals surface area contributed by atoms with Crippen LogP contribution in [0.5, 0.6) is 0 Å². The molecule has 0 aromatic carbocycles. The van der Waals surface area contributed by atoms with Gasteiger partial charge in [-0.1, -0.05) is 30.9 Å². The van der Waals surface area contributed by atoms with E-state index in [4.69, 9.17) is 5.11 Å². The third kappa shape index (κ3) is 2.61. The Bertz CT molecular complexity index is 431. The van der Waals surface area contributed by atoms with Crippen LogP contribution < -0.4 is 0 Å². The Labute approximate surface area is 107 Å². The maximum Gasteiger partial charge on any atom is 0.310 e. The van der Waals surface area contributed by atoms with Crippen LogP contribution in [0.2, 0.25) is 0 Å². The topological polar surface area (TPSA) is 54.4 Å². The molecule has 0 aliphatic heterocycles. The average Bonchev–Trinajstić information content (AvgIpc) is 2.42. The Morgan fingerprint density at radius 2 is 2.17 bits per heavy atom. The van der Waals surface area contributed by atoms with Crippen molar-refractivity contribution in [1.82, 2.24) is 0 Å². The van der Waals surface area contributed by atoms with E-state index in [9.17, 15) is 9.59 Å². The zero-order valence-corrected chi connectivity index (χ0v) is 10.3. The zero-order chi connectivity index (χ0) is 13.1. The lowest BCUT2D eigenvalue weighted by Gasteiger charge is -2.29. The molecule has 0 heterocycles. The molecule has 0 radical (unpaired) electrons. The number of carboxylic acids is 1. The van der Waals surface area contributed by atoms with Crippen molar-refractivity contribution in [1.29, 1.82) is 0 Å². The molecule has 3 heteroatoms. The number of hydrogen-bond donors (Lipinski definition) is 1. The van der Waals surface area contributed by atoms with Crippen molar-refractivity contribution >= 4 is 11.8 Å². The summed E-state index contributed by atoms with van der Waals surface area (Å²) in [4.78, 5) is 23.2. The fraction of sp³-hybridized carbons (Fsp3) is 0.467. The number of hydrogen-bond acceptors (Lipinski definition) is 2. The van der Waals surface area contributed by atoms with Crippen molar-refractivity contribution in [2.24, 2.45) is 17.8 Å². The van der Waals surface area contributed by atoms with Gasteiger partial charge >= 0.3 is 5.97 Å². The minimum atomic E-state index is -0.849. The number of carbonyl (C=O) groups is 2. The number of fused-ring (bicyclic) bond motifs is 1. The van der Waals surface area contributed by atoms with E-state index < -0.39 is 11.9 Å². The molecule has 2 aliphatic carbocycles. The van der Waals surface area contributed by atoms with Gasteiger partial charge in [-0.05, 0) is 24.8 Å². The lowest BCUT2D eigenvalue weighted by Crippen LogP contribution is -2.31. The highest BCUT2D eigenvalue weighted by Gasteiger charge is 2.35. The zero-order valence-electron chi connectivity index (χ0n) is 10.3. The van der Waals surface area contributed by atoms with Gasteiger partial charge in [0.1, 0.15) is 5.78 Å². The summed E-state index contributed by atoms with van der Waals surface area (Å²) in [5, 5.41) is 9.06. The van der Waals surface area contributed by atoms with Gasteiger partial charge in [0.2, 0.25) is 0 Å². The number of carboxylic acid groups (broad SMARTS) is 1. The molecule has 2 rings (SSSR count). The second kappa shape index (κ2) is 5.34. The van der Waals surface area contributed by atoms with E-state index in [0.717, 1.165) is 18.4 Å². The van der Waals surface area contributed by atoms with Gasteiger partial charge in [-0.3, -0.25) is 9.59 Å². The molecular formula is C15H18O3. The van der Waals surface area contributed by atoms with E-state index in [1.807, 2.05) is 12.2 Å². The van der Waals surface area contributed by atoms with Gasteiger partial charge in [0.15, 0.2) is 0 Å². The van der Waals surface area contributed by atoms with Crippen LogP contribution >= 0.6 is 0 Å². The van der Waals surface area contributed by atoms with E-state index >= 15 is 0 Å². The summed E-state index contributed by atoms with van der Waals surface area (Å²) in [6.07, 6.45) is 10.2. The fourth-order valence-electron chi connectivity index (χ4n) is 2.71. The Hall–Kier alpha value is -1.64. The van der Waals surface area contributed by atoms with Gasteiger partial charge in [-0.2, -0.15) is 0 Å². The third-order valence-corrected chi connectivity index (χ3v) is 3.78.